The summed E-state index contributed by atoms with van der Waals surface area (Å²) in [5.74, 6) is 0. The van der Waals surface area contributed by atoms with Crippen molar-refractivity contribution in [1.82, 2.24) is 14.2 Å². The van der Waals surface area contributed by atoms with E-state index in [1.807, 2.05) is 30.3 Å². The molecule has 0 aliphatic carbocycles. The number of rotatable bonds is 4. The molecular weight excluding hydrogens is 454 g/mol. The van der Waals surface area contributed by atoms with Crippen LogP contribution in [0.1, 0.15) is 5.56 Å². The second kappa shape index (κ2) is 8.03. The fourth-order valence-electron chi connectivity index (χ4n) is 3.96. The zero-order valence-electron chi connectivity index (χ0n) is 16.5. The molecule has 6 nitrogen and oxygen atoms in total. The van der Waals surface area contributed by atoms with Crippen molar-refractivity contribution in [3.8, 4) is 0 Å². The van der Waals surface area contributed by atoms with Crippen LogP contribution in [0, 0.1) is 0 Å². The van der Waals surface area contributed by atoms with Crippen LogP contribution >= 0.6 is 22.9 Å². The summed E-state index contributed by atoms with van der Waals surface area (Å²) >= 11 is 7.30. The molecule has 0 atom stereocenters. The Morgan fingerprint density at radius 3 is 2.58 bits per heavy atom. The van der Waals surface area contributed by atoms with Crippen molar-refractivity contribution >= 4 is 53.8 Å². The quantitative estimate of drug-likeness (QED) is 0.488. The van der Waals surface area contributed by atoms with E-state index in [0.29, 0.717) is 40.8 Å². The fraction of sp³-hybridized carbons (Fsp3) is 0.227. The molecule has 2 aromatic carbocycles. The topological polar surface area (TPSA) is 73.5 Å². The predicted molar refractivity (Wildman–Crippen MR) is 125 cm³/mol. The van der Waals surface area contributed by atoms with Gasteiger partial charge >= 0.3 is 0 Å². The number of hydrogen-bond acceptors (Lipinski definition) is 5. The molecule has 0 amide bonds. The molecule has 0 spiro atoms. The Morgan fingerprint density at radius 1 is 0.968 bits per heavy atom. The van der Waals surface area contributed by atoms with Crippen molar-refractivity contribution in [3.05, 3.63) is 75.7 Å². The second-order valence-corrected chi connectivity index (χ2v) is 11.3. The van der Waals surface area contributed by atoms with Gasteiger partial charge in [0.1, 0.15) is 4.21 Å². The van der Waals surface area contributed by atoms with Gasteiger partial charge in [-0.25, -0.2) is 8.42 Å². The molecule has 2 aromatic heterocycles. The normalized spacial score (nSPS) is 16.3. The van der Waals surface area contributed by atoms with Gasteiger partial charge in [0, 0.05) is 54.0 Å². The molecule has 31 heavy (non-hydrogen) atoms. The number of pyridine rings is 1. The van der Waals surface area contributed by atoms with E-state index in [4.69, 9.17) is 11.6 Å². The third-order valence-electron chi connectivity index (χ3n) is 5.63. The first kappa shape index (κ1) is 20.7. The molecule has 3 heterocycles. The zero-order chi connectivity index (χ0) is 21.6. The van der Waals surface area contributed by atoms with Gasteiger partial charge in [-0.2, -0.15) is 4.31 Å². The summed E-state index contributed by atoms with van der Waals surface area (Å²) in [6.45, 7) is 2.93. The van der Waals surface area contributed by atoms with Gasteiger partial charge < -0.3 is 4.98 Å². The van der Waals surface area contributed by atoms with Crippen LogP contribution in [0.4, 0.5) is 0 Å². The standard InChI is InChI=1S/C22H20ClN3O3S2/c23-18-3-2-17-12-21(30-20(17)13-18)31(28,29)26-9-7-25(8-10-26)14-15-1-4-19-16(11-15)5-6-24-22(19)27/h1-6,11-13H,7-10,14H2,(H,24,27). The van der Waals surface area contributed by atoms with Crippen molar-refractivity contribution in [2.24, 2.45) is 0 Å². The summed E-state index contributed by atoms with van der Waals surface area (Å²) in [4.78, 5) is 16.8. The Morgan fingerprint density at radius 2 is 1.77 bits per heavy atom. The molecule has 1 aliphatic heterocycles. The first-order valence-corrected chi connectivity index (χ1v) is 12.6. The van der Waals surface area contributed by atoms with Crippen LogP contribution in [0.25, 0.3) is 20.9 Å². The van der Waals surface area contributed by atoms with E-state index in [2.05, 4.69) is 9.88 Å². The highest BCUT2D eigenvalue weighted by Crippen LogP contribution is 2.33. The summed E-state index contributed by atoms with van der Waals surface area (Å²) in [6.07, 6.45) is 1.65. The van der Waals surface area contributed by atoms with Gasteiger partial charge in [0.2, 0.25) is 0 Å². The maximum Gasteiger partial charge on any atom is 0.255 e. The molecule has 5 rings (SSSR count). The van der Waals surface area contributed by atoms with Crippen LogP contribution in [0.5, 0.6) is 0 Å². The zero-order valence-corrected chi connectivity index (χ0v) is 18.9. The van der Waals surface area contributed by atoms with E-state index in [1.54, 1.807) is 28.7 Å². The first-order chi connectivity index (χ1) is 14.9. The van der Waals surface area contributed by atoms with E-state index in [1.165, 1.54) is 11.3 Å². The number of fused-ring (bicyclic) bond motifs is 2. The van der Waals surface area contributed by atoms with Crippen LogP contribution in [0.2, 0.25) is 5.02 Å². The number of halogens is 1. The van der Waals surface area contributed by atoms with Gasteiger partial charge in [0.05, 0.1) is 0 Å². The monoisotopic (exact) mass is 473 g/mol. The fourth-order valence-corrected chi connectivity index (χ4v) is 7.21. The number of aromatic nitrogens is 1. The van der Waals surface area contributed by atoms with Crippen molar-refractivity contribution in [2.45, 2.75) is 10.8 Å². The largest absolute Gasteiger partial charge is 0.329 e. The van der Waals surface area contributed by atoms with Crippen LogP contribution in [0.15, 0.2) is 63.7 Å². The molecule has 0 unspecified atom stereocenters. The predicted octanol–water partition coefficient (Wildman–Crippen LogP) is 3.90. The van der Waals surface area contributed by atoms with E-state index in [9.17, 15) is 13.2 Å². The van der Waals surface area contributed by atoms with Crippen LogP contribution < -0.4 is 5.56 Å². The maximum atomic E-state index is 13.1. The van der Waals surface area contributed by atoms with Gasteiger partial charge in [-0.05, 0) is 52.7 Å². The number of sulfonamides is 1. The first-order valence-electron chi connectivity index (χ1n) is 9.92. The highest BCUT2D eigenvalue weighted by atomic mass is 35.5. The number of nitrogens with zero attached hydrogens (tertiary/aromatic N) is 2. The number of benzene rings is 2. The number of piperazine rings is 1. The molecule has 1 N–H and O–H groups in total. The molecule has 0 bridgehead atoms. The third-order valence-corrected chi connectivity index (χ3v) is 9.31. The Hall–Kier alpha value is -2.23. The van der Waals surface area contributed by atoms with Crippen molar-refractivity contribution < 1.29 is 8.42 Å². The number of H-pyrrole nitrogens is 1. The molecule has 1 saturated heterocycles. The number of hydrogen-bond donors (Lipinski definition) is 1. The molecule has 0 saturated carbocycles. The third kappa shape index (κ3) is 4.02. The summed E-state index contributed by atoms with van der Waals surface area (Å²) in [7, 11) is -3.52. The minimum Gasteiger partial charge on any atom is -0.329 e. The summed E-state index contributed by atoms with van der Waals surface area (Å²) in [5.41, 5.74) is 1.02. The smallest absolute Gasteiger partial charge is 0.255 e. The van der Waals surface area contributed by atoms with Gasteiger partial charge in [-0.1, -0.05) is 23.7 Å². The lowest BCUT2D eigenvalue weighted by molar-refractivity contribution is 0.182. The Bertz CT molecular complexity index is 1440. The number of thiophene rings is 1. The van der Waals surface area contributed by atoms with E-state index in [-0.39, 0.29) is 5.56 Å². The maximum absolute atomic E-state index is 13.1. The molecule has 0 radical (unpaired) electrons. The lowest BCUT2D eigenvalue weighted by Crippen LogP contribution is -2.48. The van der Waals surface area contributed by atoms with Gasteiger partial charge in [-0.3, -0.25) is 9.69 Å². The molecule has 160 valence electrons. The summed E-state index contributed by atoms with van der Waals surface area (Å²) in [5, 5.41) is 3.08. The van der Waals surface area contributed by atoms with Crippen molar-refractivity contribution in [3.63, 3.8) is 0 Å². The molecule has 9 heteroatoms. The SMILES string of the molecule is O=c1[nH]ccc2cc(CN3CCN(S(=O)(=O)c4cc5ccc(Cl)cc5s4)CC3)ccc12. The van der Waals surface area contributed by atoms with Crippen molar-refractivity contribution in [1.29, 1.82) is 0 Å². The minimum atomic E-state index is -3.52. The van der Waals surface area contributed by atoms with Gasteiger partial charge in [0.25, 0.3) is 15.6 Å². The Labute approximate surface area is 188 Å². The lowest BCUT2D eigenvalue weighted by atomic mass is 10.1. The average Bonchev–Trinajstić information content (AvgIpc) is 3.18. The van der Waals surface area contributed by atoms with E-state index < -0.39 is 10.0 Å². The van der Waals surface area contributed by atoms with Gasteiger partial charge in [0.15, 0.2) is 0 Å². The highest BCUT2D eigenvalue weighted by molar-refractivity contribution is 7.91. The minimum absolute atomic E-state index is 0.0913. The summed E-state index contributed by atoms with van der Waals surface area (Å²) < 4.78 is 29.1. The molecular formula is C22H20ClN3O3S2. The molecule has 1 fully saturated rings. The molecule has 1 aliphatic rings. The molecule has 4 aromatic rings. The Kier molecular flexibility index (Phi) is 5.35. The highest BCUT2D eigenvalue weighted by Gasteiger charge is 2.30. The number of nitrogens with one attached hydrogen (secondary N) is 1. The average molecular weight is 474 g/mol. The second-order valence-electron chi connectivity index (χ2n) is 7.66. The van der Waals surface area contributed by atoms with Crippen molar-refractivity contribution in [2.75, 3.05) is 26.2 Å². The van der Waals surface area contributed by atoms with Crippen LogP contribution in [-0.2, 0) is 16.6 Å². The van der Waals surface area contributed by atoms with E-state index in [0.717, 1.165) is 27.6 Å². The summed E-state index contributed by atoms with van der Waals surface area (Å²) in [6, 6.07) is 14.9. The number of aromatic amines is 1. The Balaban J connectivity index is 1.28. The van der Waals surface area contributed by atoms with Gasteiger partial charge in [-0.15, -0.1) is 11.3 Å². The van der Waals surface area contributed by atoms with Crippen LogP contribution in [0.3, 0.4) is 0 Å². The van der Waals surface area contributed by atoms with Crippen LogP contribution in [-0.4, -0.2) is 48.8 Å². The van der Waals surface area contributed by atoms with E-state index >= 15 is 0 Å². The lowest BCUT2D eigenvalue weighted by Gasteiger charge is -2.33.